The van der Waals surface area contributed by atoms with E-state index in [1.54, 1.807) is 20.1 Å². The second kappa shape index (κ2) is 10.9. The first kappa shape index (κ1) is 29.6. The van der Waals surface area contributed by atoms with Gasteiger partial charge < -0.3 is 28.8 Å². The summed E-state index contributed by atoms with van der Waals surface area (Å²) >= 11 is 0. The summed E-state index contributed by atoms with van der Waals surface area (Å²) in [5, 5.41) is 22.8. The van der Waals surface area contributed by atoms with Gasteiger partial charge in [-0.05, 0) is 54.4 Å². The third-order valence-corrected chi connectivity index (χ3v) is 12.7. The van der Waals surface area contributed by atoms with Gasteiger partial charge in [-0.2, -0.15) is 0 Å². The Morgan fingerprint density at radius 1 is 1.02 bits per heavy atom. The number of Topliss-reactive ketones (excluding diaryl/α,β-unsaturated/α-hetero) is 1. The Bertz CT molecular complexity index is 1450. The molecule has 4 rings (SSSR count). The fraction of sp³-hybridized carbons (Fsp3) is 0.419. The Morgan fingerprint density at radius 2 is 1.68 bits per heavy atom. The van der Waals surface area contributed by atoms with Crippen LogP contribution in [0.1, 0.15) is 70.7 Å². The number of benzene rings is 3. The summed E-state index contributed by atoms with van der Waals surface area (Å²) in [5.74, 6) is -0.201. The number of phenols is 2. The van der Waals surface area contributed by atoms with E-state index in [-0.39, 0.29) is 34.6 Å². The van der Waals surface area contributed by atoms with Crippen LogP contribution in [0.5, 0.6) is 23.0 Å². The number of methoxy groups -OCH3 is 2. The highest BCUT2D eigenvalue weighted by Gasteiger charge is 2.46. The number of ketones is 1. The number of rotatable bonds is 8. The molecule has 0 aliphatic heterocycles. The third kappa shape index (κ3) is 5.09. The van der Waals surface area contributed by atoms with Gasteiger partial charge in [0.2, 0.25) is 0 Å². The Balaban J connectivity index is 1.91. The molecule has 0 saturated carbocycles. The number of ether oxygens (including phenoxy) is 3. The van der Waals surface area contributed by atoms with Crippen LogP contribution in [0.2, 0.25) is 18.1 Å². The summed E-state index contributed by atoms with van der Waals surface area (Å²) in [4.78, 5) is 25.8. The maximum Gasteiger partial charge on any atom is 0.194 e. The first-order chi connectivity index (χ1) is 18.7. The van der Waals surface area contributed by atoms with Crippen molar-refractivity contribution in [2.24, 2.45) is 0 Å². The van der Waals surface area contributed by atoms with Crippen LogP contribution in [-0.2, 0) is 15.8 Å². The normalized spacial score (nSPS) is 17.6. The Kier molecular flexibility index (Phi) is 8.04. The molecular formula is C31H38O8Si. The van der Waals surface area contributed by atoms with Crippen LogP contribution in [0.15, 0.2) is 30.3 Å². The van der Waals surface area contributed by atoms with Crippen molar-refractivity contribution in [1.29, 1.82) is 0 Å². The van der Waals surface area contributed by atoms with E-state index in [1.807, 2.05) is 24.3 Å². The molecule has 0 saturated heterocycles. The molecule has 3 aromatic carbocycles. The van der Waals surface area contributed by atoms with Crippen molar-refractivity contribution in [3.05, 3.63) is 58.1 Å². The fourth-order valence-corrected chi connectivity index (χ4v) is 6.22. The summed E-state index contributed by atoms with van der Waals surface area (Å²) < 4.78 is 24.1. The number of fused-ring (bicyclic) bond motifs is 2. The predicted molar refractivity (Wildman–Crippen MR) is 155 cm³/mol. The number of hydrogen-bond acceptors (Lipinski definition) is 8. The fourth-order valence-electron chi connectivity index (χ4n) is 4.96. The lowest BCUT2D eigenvalue weighted by molar-refractivity contribution is -0.000518. The summed E-state index contributed by atoms with van der Waals surface area (Å²) in [6, 6.07) is 9.15. The van der Waals surface area contributed by atoms with Crippen molar-refractivity contribution >= 4 is 31.2 Å². The maximum absolute atomic E-state index is 14.0. The summed E-state index contributed by atoms with van der Waals surface area (Å²) in [5.41, 5.74) is 1.83. The zero-order valence-corrected chi connectivity index (χ0v) is 25.4. The lowest BCUT2D eigenvalue weighted by Gasteiger charge is -2.41. The number of phenolic OH excluding ortho intramolecular Hbond substituents is 2. The van der Waals surface area contributed by atoms with Crippen LogP contribution in [0.25, 0.3) is 10.8 Å². The van der Waals surface area contributed by atoms with Crippen molar-refractivity contribution < 1.29 is 38.4 Å². The standard InChI is InChI=1S/C31H38O8Si/c1-17-13-20-24(27(33)21(17)15-32)29(35)26-25(30(20)37-6)22(38-16-18-9-11-19(36-5)12-10-18)14-23(28(26)34)39-40(7,8)31(2,3)4/h9-13,15,22-23,33,35H,14,16H2,1-8H3/t22-,23+/m1/s1. The van der Waals surface area contributed by atoms with Crippen molar-refractivity contribution in [1.82, 2.24) is 0 Å². The Hall–Kier alpha value is -3.40. The minimum absolute atomic E-state index is 0.0152. The molecule has 3 aromatic rings. The minimum atomic E-state index is -2.41. The van der Waals surface area contributed by atoms with E-state index >= 15 is 0 Å². The molecule has 0 spiro atoms. The summed E-state index contributed by atoms with van der Waals surface area (Å²) in [6.45, 7) is 12.3. The second-order valence-electron chi connectivity index (χ2n) is 11.8. The monoisotopic (exact) mass is 566 g/mol. The molecule has 1 aliphatic carbocycles. The van der Waals surface area contributed by atoms with Gasteiger partial charge in [-0.1, -0.05) is 32.9 Å². The van der Waals surface area contributed by atoms with E-state index in [1.165, 1.54) is 7.11 Å². The highest BCUT2D eigenvalue weighted by atomic mass is 28.4. The van der Waals surface area contributed by atoms with Crippen LogP contribution in [0.4, 0.5) is 0 Å². The zero-order chi connectivity index (χ0) is 29.6. The predicted octanol–water partition coefficient (Wildman–Crippen LogP) is 6.62. The van der Waals surface area contributed by atoms with Gasteiger partial charge >= 0.3 is 0 Å². The van der Waals surface area contributed by atoms with Gasteiger partial charge in [-0.15, -0.1) is 0 Å². The van der Waals surface area contributed by atoms with Crippen LogP contribution in [0, 0.1) is 6.92 Å². The smallest absolute Gasteiger partial charge is 0.194 e. The molecule has 0 unspecified atom stereocenters. The van der Waals surface area contributed by atoms with Gasteiger partial charge in [0.05, 0.1) is 43.4 Å². The molecule has 2 N–H and O–H groups in total. The summed E-state index contributed by atoms with van der Waals surface area (Å²) in [6.07, 6.45) is -0.780. The molecule has 0 heterocycles. The van der Waals surface area contributed by atoms with Crippen LogP contribution in [0.3, 0.4) is 0 Å². The molecule has 0 amide bonds. The van der Waals surface area contributed by atoms with Gasteiger partial charge in [0.1, 0.15) is 29.1 Å². The lowest BCUT2D eigenvalue weighted by atomic mass is 9.82. The topological polar surface area (TPSA) is 112 Å². The van der Waals surface area contributed by atoms with E-state index in [0.717, 1.165) is 11.3 Å². The Morgan fingerprint density at radius 3 is 2.23 bits per heavy atom. The molecule has 2 atom stereocenters. The average Bonchev–Trinajstić information content (AvgIpc) is 2.89. The van der Waals surface area contributed by atoms with Gasteiger partial charge in [-0.25, -0.2) is 0 Å². The van der Waals surface area contributed by atoms with Gasteiger partial charge in [0, 0.05) is 17.4 Å². The number of aromatic hydroxyl groups is 2. The number of carbonyl (C=O) groups excluding carboxylic acids is 2. The third-order valence-electron chi connectivity index (χ3n) is 8.24. The molecule has 1 aliphatic rings. The second-order valence-corrected chi connectivity index (χ2v) is 16.5. The molecule has 0 bridgehead atoms. The first-order valence-corrected chi connectivity index (χ1v) is 16.2. The van der Waals surface area contributed by atoms with E-state index < -0.39 is 37.8 Å². The van der Waals surface area contributed by atoms with Crippen molar-refractivity contribution in [2.75, 3.05) is 14.2 Å². The maximum atomic E-state index is 14.0. The van der Waals surface area contributed by atoms with Gasteiger partial charge in [-0.3, -0.25) is 9.59 Å². The molecule has 0 radical (unpaired) electrons. The molecule has 9 heteroatoms. The molecule has 214 valence electrons. The van der Waals surface area contributed by atoms with Crippen molar-refractivity contribution in [2.45, 2.75) is 71.1 Å². The largest absolute Gasteiger partial charge is 0.506 e. The SMILES string of the molecule is COc1ccc(CO[C@@H]2C[C@H](O[Si](C)(C)C(C)(C)C)C(=O)c3c2c(OC)c2cc(C)c(C=O)c(O)c2c3O)cc1. The van der Waals surface area contributed by atoms with Crippen LogP contribution < -0.4 is 9.47 Å². The van der Waals surface area contributed by atoms with E-state index in [0.29, 0.717) is 28.5 Å². The number of carbonyl (C=O) groups is 2. The highest BCUT2D eigenvalue weighted by Crippen LogP contribution is 2.52. The average molecular weight is 567 g/mol. The quantitative estimate of drug-likeness (QED) is 0.231. The molecule has 40 heavy (non-hydrogen) atoms. The van der Waals surface area contributed by atoms with Crippen LogP contribution >= 0.6 is 0 Å². The number of aldehydes is 1. The molecular weight excluding hydrogens is 528 g/mol. The highest BCUT2D eigenvalue weighted by molar-refractivity contribution is 6.74. The summed E-state index contributed by atoms with van der Waals surface area (Å²) in [7, 11) is 0.662. The minimum Gasteiger partial charge on any atom is -0.506 e. The lowest BCUT2D eigenvalue weighted by Crippen LogP contribution is -2.47. The van der Waals surface area contributed by atoms with Gasteiger partial charge in [0.25, 0.3) is 0 Å². The Labute approximate surface area is 236 Å². The number of hydrogen-bond donors (Lipinski definition) is 2. The van der Waals surface area contributed by atoms with Crippen molar-refractivity contribution in [3.8, 4) is 23.0 Å². The zero-order valence-electron chi connectivity index (χ0n) is 24.4. The van der Waals surface area contributed by atoms with E-state index in [9.17, 15) is 19.8 Å². The number of aryl methyl sites for hydroxylation is 1. The first-order valence-electron chi connectivity index (χ1n) is 13.3. The van der Waals surface area contributed by atoms with Gasteiger partial charge in [0.15, 0.2) is 20.4 Å². The molecule has 0 fully saturated rings. The van der Waals surface area contributed by atoms with E-state index in [2.05, 4.69) is 33.9 Å². The van der Waals surface area contributed by atoms with E-state index in [4.69, 9.17) is 18.6 Å². The molecule has 8 nitrogen and oxygen atoms in total. The molecule has 0 aromatic heterocycles. The van der Waals surface area contributed by atoms with Crippen LogP contribution in [-0.4, -0.2) is 50.9 Å². The van der Waals surface area contributed by atoms with Crippen molar-refractivity contribution in [3.63, 3.8) is 0 Å².